The van der Waals surface area contributed by atoms with Crippen molar-refractivity contribution >= 4 is 11.6 Å². The second-order valence-electron chi connectivity index (χ2n) is 6.84. The number of fused-ring (bicyclic) bond motifs is 3. The fourth-order valence-electron chi connectivity index (χ4n) is 4.07. The molecule has 3 atom stereocenters. The van der Waals surface area contributed by atoms with E-state index >= 15 is 0 Å². The molecule has 5 heteroatoms. The Morgan fingerprint density at radius 1 is 1.35 bits per heavy atom. The molecule has 132 valence electrons. The summed E-state index contributed by atoms with van der Waals surface area (Å²) in [4.78, 5) is 18.1. The molecule has 1 amide bonds. The summed E-state index contributed by atoms with van der Waals surface area (Å²) in [7, 11) is 0. The number of anilines is 1. The van der Waals surface area contributed by atoms with E-state index in [0.29, 0.717) is 0 Å². The summed E-state index contributed by atoms with van der Waals surface area (Å²) >= 11 is 0. The Bertz CT molecular complexity index is 885. The van der Waals surface area contributed by atoms with Gasteiger partial charge in [0, 0.05) is 48.6 Å². The van der Waals surface area contributed by atoms with Crippen molar-refractivity contribution in [2.45, 2.75) is 25.4 Å². The Morgan fingerprint density at radius 2 is 2.19 bits per heavy atom. The van der Waals surface area contributed by atoms with Gasteiger partial charge in [-0.2, -0.15) is 0 Å². The first-order valence-corrected chi connectivity index (χ1v) is 8.88. The van der Waals surface area contributed by atoms with Gasteiger partial charge in [-0.1, -0.05) is 11.8 Å². The van der Waals surface area contributed by atoms with Gasteiger partial charge in [0.2, 0.25) is 5.91 Å². The third-order valence-electron chi connectivity index (χ3n) is 5.29. The molecular formula is C21H21N3O2. The van der Waals surface area contributed by atoms with E-state index < -0.39 is 0 Å². The molecule has 4 rings (SSSR count). The van der Waals surface area contributed by atoms with Crippen molar-refractivity contribution in [3.63, 3.8) is 0 Å². The van der Waals surface area contributed by atoms with Crippen molar-refractivity contribution in [2.24, 2.45) is 5.92 Å². The Balaban J connectivity index is 1.72. The predicted octanol–water partition coefficient (Wildman–Crippen LogP) is 2.18. The van der Waals surface area contributed by atoms with Gasteiger partial charge in [-0.15, -0.1) is 0 Å². The summed E-state index contributed by atoms with van der Waals surface area (Å²) < 4.78 is 0. The molecule has 1 saturated heterocycles. The standard InChI is InChI=1S/C21H21N3O2/c1-14(26)24-10-8-17-20(13-25)23-19-7-6-15(11-18(19)21(17)24)4-5-16-3-2-9-22-12-16/h2-3,6-7,9,11-12,17,20-21,23,25H,8,10,13H2,1H3/t17-,20+,21-/m0/s1. The maximum atomic E-state index is 12.1. The highest BCUT2D eigenvalue weighted by Crippen LogP contribution is 2.46. The van der Waals surface area contributed by atoms with Crippen molar-refractivity contribution in [3.05, 3.63) is 59.4 Å². The molecule has 2 aliphatic heterocycles. The zero-order valence-electron chi connectivity index (χ0n) is 14.6. The van der Waals surface area contributed by atoms with E-state index in [9.17, 15) is 9.90 Å². The second-order valence-corrected chi connectivity index (χ2v) is 6.84. The Kier molecular flexibility index (Phi) is 4.36. The lowest BCUT2D eigenvalue weighted by Crippen LogP contribution is -2.42. The number of carbonyl (C=O) groups excluding carboxylic acids is 1. The molecule has 1 aromatic heterocycles. The van der Waals surface area contributed by atoms with E-state index in [1.807, 2.05) is 29.2 Å². The number of aliphatic hydroxyl groups excluding tert-OH is 1. The summed E-state index contributed by atoms with van der Waals surface area (Å²) in [6, 6.07) is 9.80. The zero-order valence-corrected chi connectivity index (χ0v) is 14.6. The van der Waals surface area contributed by atoms with Crippen molar-refractivity contribution in [3.8, 4) is 11.8 Å². The number of nitrogens with zero attached hydrogens (tertiary/aromatic N) is 2. The Labute approximate surface area is 153 Å². The summed E-state index contributed by atoms with van der Waals surface area (Å²) in [6.45, 7) is 2.41. The van der Waals surface area contributed by atoms with Crippen molar-refractivity contribution in [1.82, 2.24) is 9.88 Å². The molecule has 0 radical (unpaired) electrons. The average molecular weight is 347 g/mol. The number of pyridine rings is 1. The van der Waals surface area contributed by atoms with Gasteiger partial charge < -0.3 is 15.3 Å². The van der Waals surface area contributed by atoms with Gasteiger partial charge in [-0.25, -0.2) is 0 Å². The monoisotopic (exact) mass is 347 g/mol. The molecular weight excluding hydrogens is 326 g/mol. The molecule has 3 heterocycles. The summed E-state index contributed by atoms with van der Waals surface area (Å²) in [5.74, 6) is 6.62. The van der Waals surface area contributed by atoms with Crippen molar-refractivity contribution in [2.75, 3.05) is 18.5 Å². The van der Waals surface area contributed by atoms with Crippen LogP contribution in [-0.4, -0.2) is 40.1 Å². The number of hydrogen-bond acceptors (Lipinski definition) is 4. The van der Waals surface area contributed by atoms with Crippen LogP contribution in [0.2, 0.25) is 0 Å². The predicted molar refractivity (Wildman–Crippen MR) is 99.4 cm³/mol. The first-order valence-electron chi connectivity index (χ1n) is 8.88. The Hall–Kier alpha value is -2.84. The highest BCUT2D eigenvalue weighted by molar-refractivity contribution is 5.75. The maximum Gasteiger partial charge on any atom is 0.219 e. The third-order valence-corrected chi connectivity index (χ3v) is 5.29. The van der Waals surface area contributed by atoms with Crippen LogP contribution in [0.5, 0.6) is 0 Å². The van der Waals surface area contributed by atoms with E-state index in [2.05, 4.69) is 28.2 Å². The molecule has 0 bridgehead atoms. The SMILES string of the molecule is CC(=O)N1CC[C@@H]2[C@H]1c1cc(C#Cc3cccnc3)ccc1N[C@@H]2CO. The number of aliphatic hydroxyl groups is 1. The summed E-state index contributed by atoms with van der Waals surface area (Å²) in [5, 5.41) is 13.2. The van der Waals surface area contributed by atoms with Gasteiger partial charge >= 0.3 is 0 Å². The van der Waals surface area contributed by atoms with Crippen LogP contribution in [0.15, 0.2) is 42.7 Å². The number of amides is 1. The molecule has 2 N–H and O–H groups in total. The van der Waals surface area contributed by atoms with Gasteiger partial charge in [0.25, 0.3) is 0 Å². The highest BCUT2D eigenvalue weighted by atomic mass is 16.3. The highest BCUT2D eigenvalue weighted by Gasteiger charge is 2.44. The van der Waals surface area contributed by atoms with Crippen molar-refractivity contribution < 1.29 is 9.90 Å². The number of nitrogens with one attached hydrogen (secondary N) is 1. The second kappa shape index (κ2) is 6.81. The van der Waals surface area contributed by atoms with Gasteiger partial charge in [0.1, 0.15) is 0 Å². The van der Waals surface area contributed by atoms with E-state index in [1.54, 1.807) is 19.3 Å². The van der Waals surface area contributed by atoms with Crippen LogP contribution in [0.4, 0.5) is 5.69 Å². The van der Waals surface area contributed by atoms with Crippen LogP contribution in [-0.2, 0) is 4.79 Å². The largest absolute Gasteiger partial charge is 0.394 e. The molecule has 1 fully saturated rings. The molecule has 2 aromatic rings. The van der Waals surface area contributed by atoms with E-state index in [4.69, 9.17) is 0 Å². The fourth-order valence-corrected chi connectivity index (χ4v) is 4.07. The average Bonchev–Trinajstić information content (AvgIpc) is 3.12. The van der Waals surface area contributed by atoms with Crippen LogP contribution in [0, 0.1) is 17.8 Å². The number of hydrogen-bond donors (Lipinski definition) is 2. The minimum absolute atomic E-state index is 0.000965. The quantitative estimate of drug-likeness (QED) is 0.776. The minimum atomic E-state index is -0.0239. The van der Waals surface area contributed by atoms with Gasteiger partial charge in [-0.05, 0) is 42.3 Å². The molecule has 2 aliphatic rings. The number of carbonyl (C=O) groups is 1. The topological polar surface area (TPSA) is 65.5 Å². The smallest absolute Gasteiger partial charge is 0.219 e. The molecule has 1 aromatic carbocycles. The van der Waals surface area contributed by atoms with E-state index in [1.165, 1.54) is 0 Å². The summed E-state index contributed by atoms with van der Waals surface area (Å²) in [6.07, 6.45) is 4.36. The molecule has 0 saturated carbocycles. The zero-order chi connectivity index (χ0) is 18.1. The molecule has 5 nitrogen and oxygen atoms in total. The molecule has 0 unspecified atom stereocenters. The van der Waals surface area contributed by atoms with Crippen LogP contribution < -0.4 is 5.32 Å². The first-order chi connectivity index (χ1) is 12.7. The Morgan fingerprint density at radius 3 is 2.92 bits per heavy atom. The van der Waals surface area contributed by atoms with Crippen LogP contribution in [0.25, 0.3) is 0 Å². The lowest BCUT2D eigenvalue weighted by Gasteiger charge is -2.39. The van der Waals surface area contributed by atoms with Gasteiger partial charge in [0.15, 0.2) is 0 Å². The van der Waals surface area contributed by atoms with Gasteiger partial charge in [0.05, 0.1) is 18.7 Å². The van der Waals surface area contributed by atoms with E-state index in [-0.39, 0.29) is 30.5 Å². The minimum Gasteiger partial charge on any atom is -0.394 e. The number of rotatable bonds is 1. The van der Waals surface area contributed by atoms with Crippen LogP contribution in [0.1, 0.15) is 36.1 Å². The lowest BCUT2D eigenvalue weighted by atomic mass is 9.82. The third kappa shape index (κ3) is 2.93. The van der Waals surface area contributed by atoms with Crippen LogP contribution in [0.3, 0.4) is 0 Å². The lowest BCUT2D eigenvalue weighted by molar-refractivity contribution is -0.130. The summed E-state index contributed by atoms with van der Waals surface area (Å²) in [5.41, 5.74) is 3.84. The molecule has 0 aliphatic carbocycles. The maximum absolute atomic E-state index is 12.1. The number of aromatic nitrogens is 1. The normalized spacial score (nSPS) is 23.3. The van der Waals surface area contributed by atoms with E-state index in [0.717, 1.165) is 35.3 Å². The van der Waals surface area contributed by atoms with Gasteiger partial charge in [-0.3, -0.25) is 9.78 Å². The number of benzene rings is 1. The van der Waals surface area contributed by atoms with Crippen LogP contribution >= 0.6 is 0 Å². The number of likely N-dealkylation sites (tertiary alicyclic amines) is 1. The molecule has 26 heavy (non-hydrogen) atoms. The molecule has 0 spiro atoms. The van der Waals surface area contributed by atoms with Crippen molar-refractivity contribution in [1.29, 1.82) is 0 Å². The fraction of sp³-hybridized carbons (Fsp3) is 0.333. The first kappa shape index (κ1) is 16.6.